The van der Waals surface area contributed by atoms with E-state index in [0.717, 1.165) is 46.1 Å². The number of non-ortho nitro benzene ring substituents is 1. The molecule has 0 spiro atoms. The first kappa shape index (κ1) is 47.5. The fraction of sp³-hybridized carbons (Fsp3) is 0.318. The largest absolute Gasteiger partial charge is 0.378 e. The van der Waals surface area contributed by atoms with E-state index in [1.54, 1.807) is 24.3 Å². The lowest BCUT2D eigenvalue weighted by molar-refractivity contribution is -0.438. The van der Waals surface area contributed by atoms with Crippen LogP contribution in [0.15, 0.2) is 102 Å². The molecule has 0 unspecified atom stereocenters. The van der Waals surface area contributed by atoms with Crippen molar-refractivity contribution in [3.05, 3.63) is 140 Å². The molecule has 0 saturated heterocycles. The number of para-hydroxylation sites is 2. The molecule has 0 bridgehead atoms. The summed E-state index contributed by atoms with van der Waals surface area (Å²) in [6, 6.07) is 22.3. The Labute approximate surface area is 371 Å². The SMILES string of the molecule is CC1(C)C(/C=C/c2ccc(OS(=O)(=O)c3ccc([N+](=O)[O-])cc3[N+](=O)[O-])c(/C=C/C3=[N+](CCCCS(=O)(=O)O)c4ccccc4C3(C)C)c2)=[N+](CCCCS(=O)(=O)O)c2ccccc21. The van der Waals surface area contributed by atoms with Crippen molar-refractivity contribution in [1.82, 2.24) is 0 Å². The van der Waals surface area contributed by atoms with Crippen LogP contribution in [0.4, 0.5) is 22.7 Å². The molecule has 2 heterocycles. The average Bonchev–Trinajstić information content (AvgIpc) is 3.56. The molecule has 2 aliphatic heterocycles. The molecular formula is C44H48N4O13S3+2. The van der Waals surface area contributed by atoms with Gasteiger partial charge in [0.15, 0.2) is 16.3 Å². The number of benzene rings is 4. The fourth-order valence-corrected chi connectivity index (χ4v) is 10.5. The zero-order valence-electron chi connectivity index (χ0n) is 35.4. The predicted molar refractivity (Wildman–Crippen MR) is 242 cm³/mol. The smallest absolute Gasteiger partial charge is 0.346 e. The molecule has 4 aromatic rings. The van der Waals surface area contributed by atoms with Crippen LogP contribution < -0.4 is 4.18 Å². The molecule has 0 aliphatic carbocycles. The summed E-state index contributed by atoms with van der Waals surface area (Å²) in [5.41, 5.74) is 3.49. The highest BCUT2D eigenvalue weighted by atomic mass is 32.2. The third-order valence-electron chi connectivity index (χ3n) is 11.4. The molecule has 0 atom stereocenters. The standard InChI is InChI=1S/C44H46N4O13S3/c1-43(2)34-13-5-7-15-36(34)45(25-9-11-27-62(53,54)55)41(43)23-18-31-17-21-39(61-64(59,60)40-22-20-33(47(49)50)30-38(40)48(51)52)32(29-31)19-24-42-44(3,4)35-14-6-8-16-37(35)46(42)26-10-12-28-63(56,57)58/h5-8,13-24,29-30H,9-12,25-28H2,1-4H3/p+2/b23-18+,24-19+. The van der Waals surface area contributed by atoms with E-state index in [4.69, 9.17) is 4.18 Å². The van der Waals surface area contributed by atoms with E-state index in [0.29, 0.717) is 37.6 Å². The number of rotatable bonds is 19. The number of nitro groups is 2. The van der Waals surface area contributed by atoms with Crippen molar-refractivity contribution in [2.24, 2.45) is 0 Å². The summed E-state index contributed by atoms with van der Waals surface area (Å²) in [5.74, 6) is -0.993. The predicted octanol–water partition coefficient (Wildman–Crippen LogP) is 7.79. The van der Waals surface area contributed by atoms with E-state index >= 15 is 0 Å². The molecule has 0 radical (unpaired) electrons. The Hall–Kier alpha value is -5.93. The van der Waals surface area contributed by atoms with Crippen LogP contribution in [0.5, 0.6) is 5.75 Å². The molecule has 0 fully saturated rings. The number of fused-ring (bicyclic) bond motifs is 2. The van der Waals surface area contributed by atoms with Gasteiger partial charge in [-0.15, -0.1) is 0 Å². The van der Waals surface area contributed by atoms with Crippen molar-refractivity contribution in [3.8, 4) is 5.75 Å². The molecule has 2 N–H and O–H groups in total. The Kier molecular flexibility index (Phi) is 13.6. The first-order chi connectivity index (χ1) is 29.9. The van der Waals surface area contributed by atoms with Crippen LogP contribution in [0.3, 0.4) is 0 Å². The van der Waals surface area contributed by atoms with Crippen LogP contribution in [0.25, 0.3) is 12.2 Å². The van der Waals surface area contributed by atoms with Gasteiger partial charge < -0.3 is 4.18 Å². The number of unbranched alkanes of at least 4 members (excludes halogenated alkanes) is 2. The normalized spacial score (nSPS) is 15.8. The minimum Gasteiger partial charge on any atom is -0.378 e. The Bertz CT molecular complexity index is 3010. The van der Waals surface area contributed by atoms with E-state index in [-0.39, 0.29) is 29.9 Å². The number of allylic oxidation sites excluding steroid dienone is 2. The highest BCUT2D eigenvalue weighted by Gasteiger charge is 2.45. The summed E-state index contributed by atoms with van der Waals surface area (Å²) in [4.78, 5) is 20.6. The molecule has 4 aromatic carbocycles. The fourth-order valence-electron chi connectivity index (χ4n) is 8.23. The molecule has 0 saturated carbocycles. The topological polar surface area (TPSA) is 244 Å². The van der Waals surface area contributed by atoms with Gasteiger partial charge in [0.25, 0.3) is 31.6 Å². The lowest BCUT2D eigenvalue weighted by atomic mass is 9.81. The van der Waals surface area contributed by atoms with Crippen molar-refractivity contribution < 1.29 is 57.5 Å². The van der Waals surface area contributed by atoms with Crippen molar-refractivity contribution in [2.75, 3.05) is 24.6 Å². The second-order valence-corrected chi connectivity index (χ2v) is 21.2. The summed E-state index contributed by atoms with van der Waals surface area (Å²) in [6.45, 7) is 8.96. The highest BCUT2D eigenvalue weighted by Crippen LogP contribution is 2.42. The maximum Gasteiger partial charge on any atom is 0.346 e. The Morgan fingerprint density at radius 2 is 1.12 bits per heavy atom. The van der Waals surface area contributed by atoms with Gasteiger partial charge in [0.2, 0.25) is 11.4 Å². The van der Waals surface area contributed by atoms with Crippen LogP contribution in [0.1, 0.15) is 75.6 Å². The van der Waals surface area contributed by atoms with Crippen molar-refractivity contribution >= 4 is 76.7 Å². The zero-order valence-corrected chi connectivity index (χ0v) is 37.9. The minimum atomic E-state index is -4.97. The minimum absolute atomic E-state index is 0.191. The molecule has 0 aromatic heterocycles. The number of hydrogen-bond acceptors (Lipinski definition) is 11. The van der Waals surface area contributed by atoms with Crippen LogP contribution in [-0.4, -0.2) is 89.4 Å². The monoisotopic (exact) mass is 936 g/mol. The van der Waals surface area contributed by atoms with Gasteiger partial charge in [-0.25, -0.2) is 0 Å². The number of nitro benzene ring substituents is 2. The molecule has 20 heteroatoms. The van der Waals surface area contributed by atoms with Crippen molar-refractivity contribution in [3.63, 3.8) is 0 Å². The summed E-state index contributed by atoms with van der Waals surface area (Å²) < 4.78 is 102. The lowest BCUT2D eigenvalue weighted by Gasteiger charge is -2.16. The first-order valence-electron chi connectivity index (χ1n) is 20.2. The molecule has 64 heavy (non-hydrogen) atoms. The molecule has 6 rings (SSSR count). The second-order valence-electron chi connectivity index (χ2n) is 16.5. The quantitative estimate of drug-likeness (QED) is 0.0228. The molecule has 338 valence electrons. The lowest BCUT2D eigenvalue weighted by Crippen LogP contribution is -2.28. The Balaban J connectivity index is 1.45. The van der Waals surface area contributed by atoms with Gasteiger partial charge in [-0.2, -0.15) is 34.4 Å². The van der Waals surface area contributed by atoms with Crippen LogP contribution >= 0.6 is 0 Å². The van der Waals surface area contributed by atoms with Crippen molar-refractivity contribution in [2.45, 2.75) is 69.1 Å². The van der Waals surface area contributed by atoms with Crippen LogP contribution in [-0.2, 0) is 41.2 Å². The molecule has 0 amide bonds. The van der Waals surface area contributed by atoms with E-state index in [2.05, 4.69) is 18.4 Å². The van der Waals surface area contributed by atoms with Crippen LogP contribution in [0, 0.1) is 20.2 Å². The number of nitrogens with zero attached hydrogens (tertiary/aromatic N) is 4. The van der Waals surface area contributed by atoms with E-state index in [9.17, 15) is 54.6 Å². The summed E-state index contributed by atoms with van der Waals surface area (Å²) in [6.07, 6.45) is 8.47. The van der Waals surface area contributed by atoms with E-state index < -0.39 is 73.1 Å². The summed E-state index contributed by atoms with van der Waals surface area (Å²) >= 11 is 0. The van der Waals surface area contributed by atoms with Gasteiger partial charge in [0.05, 0.1) is 38.2 Å². The average molecular weight is 937 g/mol. The molecular weight excluding hydrogens is 889 g/mol. The van der Waals surface area contributed by atoms with E-state index in [1.165, 1.54) is 6.07 Å². The van der Waals surface area contributed by atoms with Gasteiger partial charge in [-0.3, -0.25) is 29.3 Å². The Morgan fingerprint density at radius 1 is 0.625 bits per heavy atom. The first-order valence-corrected chi connectivity index (χ1v) is 24.8. The maximum absolute atomic E-state index is 13.8. The molecule has 2 aliphatic rings. The Morgan fingerprint density at radius 3 is 1.61 bits per heavy atom. The van der Waals surface area contributed by atoms with E-state index in [1.807, 2.05) is 79.1 Å². The van der Waals surface area contributed by atoms with Gasteiger partial charge in [-0.05, 0) is 76.5 Å². The summed E-state index contributed by atoms with van der Waals surface area (Å²) in [7, 11) is -13.3. The zero-order chi connectivity index (χ0) is 46.8. The third-order valence-corrected chi connectivity index (χ3v) is 14.3. The molecule has 17 nitrogen and oxygen atoms in total. The van der Waals surface area contributed by atoms with Gasteiger partial charge >= 0.3 is 10.1 Å². The highest BCUT2D eigenvalue weighted by molar-refractivity contribution is 7.87. The van der Waals surface area contributed by atoms with Gasteiger partial charge in [-0.1, -0.05) is 42.5 Å². The van der Waals surface area contributed by atoms with Crippen molar-refractivity contribution in [1.29, 1.82) is 0 Å². The van der Waals surface area contributed by atoms with Crippen LogP contribution in [0.2, 0.25) is 0 Å². The second kappa shape index (κ2) is 18.3. The number of hydrogen-bond donors (Lipinski definition) is 2. The van der Waals surface area contributed by atoms with Gasteiger partial charge in [0, 0.05) is 59.9 Å². The third kappa shape index (κ3) is 10.5. The maximum atomic E-state index is 13.8. The van der Waals surface area contributed by atoms with Gasteiger partial charge in [0.1, 0.15) is 18.8 Å². The summed E-state index contributed by atoms with van der Waals surface area (Å²) in [5, 5.41) is 23.4.